The molecule has 4 nitrogen and oxygen atoms in total. The molecule has 1 aromatic carbocycles. The van der Waals surface area contributed by atoms with E-state index in [0.29, 0.717) is 6.54 Å². The molecule has 1 N–H and O–H groups in total. The number of urea groups is 1. The number of amides is 2. The van der Waals surface area contributed by atoms with Crippen LogP contribution in [-0.4, -0.2) is 17.5 Å². The molecule has 0 aromatic heterocycles. The Labute approximate surface area is 88.1 Å². The second-order valence-electron chi connectivity index (χ2n) is 3.63. The molecule has 1 aromatic rings. The molecule has 1 aliphatic heterocycles. The van der Waals surface area contributed by atoms with Crippen molar-refractivity contribution < 1.29 is 4.79 Å². The van der Waals surface area contributed by atoms with Gasteiger partial charge in [0, 0.05) is 0 Å². The third kappa shape index (κ3) is 1.77. The lowest BCUT2D eigenvalue weighted by atomic mass is 10.1. The van der Waals surface area contributed by atoms with Gasteiger partial charge >= 0.3 is 6.03 Å². The third-order valence-corrected chi connectivity index (χ3v) is 2.47. The van der Waals surface area contributed by atoms with Crippen LogP contribution < -0.4 is 5.32 Å². The monoisotopic (exact) mass is 201 g/mol. The molecule has 1 unspecified atom stereocenters. The van der Waals surface area contributed by atoms with Gasteiger partial charge in [0.25, 0.3) is 0 Å². The first-order chi connectivity index (χ1) is 7.20. The molecule has 15 heavy (non-hydrogen) atoms. The van der Waals surface area contributed by atoms with E-state index in [1.165, 1.54) is 0 Å². The first kappa shape index (κ1) is 9.53. The van der Waals surface area contributed by atoms with Crippen molar-refractivity contribution in [2.75, 3.05) is 6.54 Å². The van der Waals surface area contributed by atoms with Crippen LogP contribution in [0.25, 0.3) is 0 Å². The Hall–Kier alpha value is -2.02. The number of carbonyl (C=O) groups is 1. The molecule has 76 valence electrons. The van der Waals surface area contributed by atoms with Crippen LogP contribution in [-0.2, 0) is 0 Å². The van der Waals surface area contributed by atoms with Gasteiger partial charge in [-0.25, -0.2) is 9.69 Å². The van der Waals surface area contributed by atoms with Crippen LogP contribution >= 0.6 is 0 Å². The summed E-state index contributed by atoms with van der Waals surface area (Å²) < 4.78 is 0. The Morgan fingerprint density at radius 1 is 1.60 bits per heavy atom. The maximum atomic E-state index is 11.3. The van der Waals surface area contributed by atoms with Crippen LogP contribution in [0.3, 0.4) is 0 Å². The fraction of sp³-hybridized carbons (Fsp3) is 0.273. The van der Waals surface area contributed by atoms with Gasteiger partial charge in [0.1, 0.15) is 0 Å². The van der Waals surface area contributed by atoms with E-state index in [-0.39, 0.29) is 12.1 Å². The molecular weight excluding hydrogens is 190 g/mol. The molecule has 0 radical (unpaired) electrons. The summed E-state index contributed by atoms with van der Waals surface area (Å²) in [4.78, 5) is 12.4. The number of hydrogen-bond acceptors (Lipinski definition) is 2. The number of carbonyl (C=O) groups excluding carboxylic acids is 1. The average Bonchev–Trinajstić information content (AvgIpc) is 2.60. The smallest absolute Gasteiger partial charge is 0.328 e. The lowest BCUT2D eigenvalue weighted by Gasteiger charge is -2.09. The van der Waals surface area contributed by atoms with Crippen molar-refractivity contribution in [1.29, 1.82) is 5.26 Å². The standard InChI is InChI=1S/C11H11N3O/c1-8-3-2-4-9(5-8)10-6-14(7-12)11(15)13-10/h2-5,10H,6H2,1H3,(H,13,15). The van der Waals surface area contributed by atoms with Crippen LogP contribution in [0.5, 0.6) is 0 Å². The van der Waals surface area contributed by atoms with E-state index in [9.17, 15) is 4.79 Å². The van der Waals surface area contributed by atoms with Crippen molar-refractivity contribution in [3.8, 4) is 6.19 Å². The zero-order valence-corrected chi connectivity index (χ0v) is 8.40. The highest BCUT2D eigenvalue weighted by Gasteiger charge is 2.29. The van der Waals surface area contributed by atoms with E-state index in [1.54, 1.807) is 0 Å². The molecule has 1 saturated heterocycles. The van der Waals surface area contributed by atoms with Gasteiger partial charge in [-0.15, -0.1) is 0 Å². The minimum absolute atomic E-state index is 0.0722. The molecule has 1 atom stereocenters. The van der Waals surface area contributed by atoms with Gasteiger partial charge < -0.3 is 5.32 Å². The van der Waals surface area contributed by atoms with Gasteiger partial charge in [0.2, 0.25) is 0 Å². The van der Waals surface area contributed by atoms with Gasteiger partial charge in [-0.1, -0.05) is 29.8 Å². The van der Waals surface area contributed by atoms with E-state index in [4.69, 9.17) is 5.26 Å². The molecule has 2 amide bonds. The number of nitrogens with one attached hydrogen (secondary N) is 1. The van der Waals surface area contributed by atoms with E-state index in [0.717, 1.165) is 16.0 Å². The van der Waals surface area contributed by atoms with E-state index >= 15 is 0 Å². The van der Waals surface area contributed by atoms with Crippen LogP contribution in [0.4, 0.5) is 4.79 Å². The maximum Gasteiger partial charge on any atom is 0.331 e. The van der Waals surface area contributed by atoms with E-state index < -0.39 is 0 Å². The quantitative estimate of drug-likeness (QED) is 0.701. The fourth-order valence-electron chi connectivity index (χ4n) is 1.70. The summed E-state index contributed by atoms with van der Waals surface area (Å²) in [6, 6.07) is 7.54. The second-order valence-corrected chi connectivity index (χ2v) is 3.63. The molecule has 1 heterocycles. The Morgan fingerprint density at radius 3 is 3.00 bits per heavy atom. The summed E-state index contributed by atoms with van der Waals surface area (Å²) in [5.74, 6) is 0. The average molecular weight is 201 g/mol. The van der Waals surface area contributed by atoms with Gasteiger partial charge in [-0.05, 0) is 12.5 Å². The molecule has 4 heteroatoms. The predicted octanol–water partition coefficient (Wildman–Crippen LogP) is 1.54. The number of rotatable bonds is 1. The highest BCUT2D eigenvalue weighted by Crippen LogP contribution is 2.20. The molecule has 2 rings (SSSR count). The normalized spacial score (nSPS) is 19.9. The highest BCUT2D eigenvalue weighted by atomic mass is 16.2. The summed E-state index contributed by atoms with van der Waals surface area (Å²) in [5.41, 5.74) is 2.19. The number of hydrogen-bond donors (Lipinski definition) is 1. The van der Waals surface area contributed by atoms with Crippen LogP contribution in [0.2, 0.25) is 0 Å². The van der Waals surface area contributed by atoms with Crippen molar-refractivity contribution in [2.45, 2.75) is 13.0 Å². The predicted molar refractivity (Wildman–Crippen MR) is 54.8 cm³/mol. The third-order valence-electron chi connectivity index (χ3n) is 2.47. The Kier molecular flexibility index (Phi) is 2.30. The SMILES string of the molecule is Cc1cccc(C2CN(C#N)C(=O)N2)c1. The van der Waals surface area contributed by atoms with Crippen molar-refractivity contribution in [3.63, 3.8) is 0 Å². The molecule has 0 bridgehead atoms. The van der Waals surface area contributed by atoms with Crippen molar-refractivity contribution in [2.24, 2.45) is 0 Å². The molecule has 0 saturated carbocycles. The second kappa shape index (κ2) is 3.62. The lowest BCUT2D eigenvalue weighted by molar-refractivity contribution is 0.232. The Bertz CT molecular complexity index is 436. The first-order valence-corrected chi connectivity index (χ1v) is 4.75. The molecular formula is C11H11N3O. The van der Waals surface area contributed by atoms with Gasteiger partial charge in [0.05, 0.1) is 12.6 Å². The largest absolute Gasteiger partial charge is 0.331 e. The summed E-state index contributed by atoms with van der Waals surface area (Å²) in [6.07, 6.45) is 1.85. The number of aryl methyl sites for hydroxylation is 1. The Morgan fingerprint density at radius 2 is 2.40 bits per heavy atom. The number of nitrogens with zero attached hydrogens (tertiary/aromatic N) is 2. The minimum Gasteiger partial charge on any atom is -0.328 e. The van der Waals surface area contributed by atoms with E-state index in [1.807, 2.05) is 37.4 Å². The molecule has 1 aliphatic rings. The van der Waals surface area contributed by atoms with Crippen LogP contribution in [0, 0.1) is 18.4 Å². The summed E-state index contributed by atoms with van der Waals surface area (Å²) in [5, 5.41) is 11.4. The zero-order chi connectivity index (χ0) is 10.8. The topological polar surface area (TPSA) is 56.1 Å². The van der Waals surface area contributed by atoms with Crippen LogP contribution in [0.15, 0.2) is 24.3 Å². The summed E-state index contributed by atoms with van der Waals surface area (Å²) in [7, 11) is 0. The fourth-order valence-corrected chi connectivity index (χ4v) is 1.70. The molecule has 1 fully saturated rings. The van der Waals surface area contributed by atoms with Crippen molar-refractivity contribution >= 4 is 6.03 Å². The molecule has 0 spiro atoms. The maximum absolute atomic E-state index is 11.3. The van der Waals surface area contributed by atoms with E-state index in [2.05, 4.69) is 5.32 Å². The minimum atomic E-state index is -0.316. The summed E-state index contributed by atoms with van der Waals surface area (Å²) in [6.45, 7) is 2.42. The lowest BCUT2D eigenvalue weighted by Crippen LogP contribution is -2.23. The first-order valence-electron chi connectivity index (χ1n) is 4.75. The van der Waals surface area contributed by atoms with Gasteiger partial charge in [-0.3, -0.25) is 0 Å². The van der Waals surface area contributed by atoms with Gasteiger partial charge in [0.15, 0.2) is 6.19 Å². The number of nitriles is 1. The Balaban J connectivity index is 2.21. The van der Waals surface area contributed by atoms with Crippen molar-refractivity contribution in [1.82, 2.24) is 10.2 Å². The molecule has 0 aliphatic carbocycles. The number of benzene rings is 1. The summed E-state index contributed by atoms with van der Waals surface area (Å²) >= 11 is 0. The van der Waals surface area contributed by atoms with Crippen molar-refractivity contribution in [3.05, 3.63) is 35.4 Å². The van der Waals surface area contributed by atoms with Crippen LogP contribution in [0.1, 0.15) is 17.2 Å². The zero-order valence-electron chi connectivity index (χ0n) is 8.40. The highest BCUT2D eigenvalue weighted by molar-refractivity contribution is 5.78. The van der Waals surface area contributed by atoms with Gasteiger partial charge in [-0.2, -0.15) is 5.26 Å².